The van der Waals surface area contributed by atoms with Crippen LogP contribution in [0.1, 0.15) is 26.7 Å². The van der Waals surface area contributed by atoms with Gasteiger partial charge in [0.05, 0.1) is 0 Å². The Balaban J connectivity index is 2.39. The van der Waals surface area contributed by atoms with Crippen LogP contribution in [0.4, 0.5) is 0 Å². The normalized spacial score (nSPS) is 20.3. The molecule has 10 heavy (non-hydrogen) atoms. The van der Waals surface area contributed by atoms with Crippen molar-refractivity contribution in [1.82, 2.24) is 5.32 Å². The van der Waals surface area contributed by atoms with Gasteiger partial charge in [0, 0.05) is 6.04 Å². The van der Waals surface area contributed by atoms with E-state index >= 15 is 0 Å². The van der Waals surface area contributed by atoms with E-state index in [9.17, 15) is 0 Å². The molecule has 0 aromatic rings. The Kier molecular flexibility index (Phi) is 2.50. The van der Waals surface area contributed by atoms with Gasteiger partial charge in [0.15, 0.2) is 0 Å². The molecule has 1 heteroatoms. The molecule has 0 aromatic heterocycles. The van der Waals surface area contributed by atoms with Crippen LogP contribution in [0.15, 0.2) is 11.6 Å². The second-order valence-electron chi connectivity index (χ2n) is 3.40. The fourth-order valence-electron chi connectivity index (χ4n) is 1.27. The Bertz CT molecular complexity index is 130. The van der Waals surface area contributed by atoms with Gasteiger partial charge in [-0.05, 0) is 39.7 Å². The van der Waals surface area contributed by atoms with Gasteiger partial charge in [0.25, 0.3) is 0 Å². The summed E-state index contributed by atoms with van der Waals surface area (Å²) in [5.74, 6) is 0.930. The van der Waals surface area contributed by atoms with Crippen LogP contribution in [0.3, 0.4) is 0 Å². The van der Waals surface area contributed by atoms with Crippen molar-refractivity contribution in [2.75, 3.05) is 7.05 Å². The first-order valence-electron chi connectivity index (χ1n) is 4.06. The van der Waals surface area contributed by atoms with E-state index in [0.29, 0.717) is 6.04 Å². The summed E-state index contributed by atoms with van der Waals surface area (Å²) in [5.41, 5.74) is 1.42. The predicted octanol–water partition coefficient (Wildman–Crippen LogP) is 1.95. The third kappa shape index (κ3) is 2.14. The van der Waals surface area contributed by atoms with Crippen molar-refractivity contribution in [1.29, 1.82) is 0 Å². The first-order chi connectivity index (χ1) is 4.74. The number of hydrogen-bond acceptors (Lipinski definition) is 1. The van der Waals surface area contributed by atoms with Crippen molar-refractivity contribution < 1.29 is 0 Å². The van der Waals surface area contributed by atoms with E-state index in [1.807, 2.05) is 7.05 Å². The highest BCUT2D eigenvalue weighted by atomic mass is 14.9. The maximum Gasteiger partial charge on any atom is 0.0277 e. The van der Waals surface area contributed by atoms with Crippen molar-refractivity contribution in [2.45, 2.75) is 32.7 Å². The van der Waals surface area contributed by atoms with Gasteiger partial charge in [0.2, 0.25) is 0 Å². The van der Waals surface area contributed by atoms with Gasteiger partial charge >= 0.3 is 0 Å². The molecule has 0 aromatic carbocycles. The molecule has 1 N–H and O–H groups in total. The number of allylic oxidation sites excluding steroid dienone is 1. The Labute approximate surface area is 63.5 Å². The summed E-state index contributed by atoms with van der Waals surface area (Å²) in [6, 6.07) is 0.644. The van der Waals surface area contributed by atoms with Crippen molar-refractivity contribution in [3.63, 3.8) is 0 Å². The molecule has 0 heterocycles. The van der Waals surface area contributed by atoms with Gasteiger partial charge in [-0.2, -0.15) is 0 Å². The monoisotopic (exact) mass is 139 g/mol. The zero-order valence-electron chi connectivity index (χ0n) is 7.15. The maximum absolute atomic E-state index is 3.32. The van der Waals surface area contributed by atoms with E-state index in [4.69, 9.17) is 0 Å². The second-order valence-corrected chi connectivity index (χ2v) is 3.40. The van der Waals surface area contributed by atoms with E-state index in [-0.39, 0.29) is 0 Å². The van der Waals surface area contributed by atoms with Crippen LogP contribution < -0.4 is 5.32 Å². The predicted molar refractivity (Wildman–Crippen MR) is 45.0 cm³/mol. The van der Waals surface area contributed by atoms with Crippen LogP contribution in [-0.2, 0) is 0 Å². The average molecular weight is 139 g/mol. The van der Waals surface area contributed by atoms with Crippen LogP contribution in [0.5, 0.6) is 0 Å². The average Bonchev–Trinajstić information content (AvgIpc) is 2.63. The Hall–Kier alpha value is -0.300. The summed E-state index contributed by atoms with van der Waals surface area (Å²) in [6.45, 7) is 4.32. The molecule has 1 nitrogen and oxygen atoms in total. The first kappa shape index (κ1) is 7.80. The topological polar surface area (TPSA) is 12.0 Å². The molecule has 0 amide bonds. The number of rotatable bonds is 3. The van der Waals surface area contributed by atoms with Crippen molar-refractivity contribution in [3.05, 3.63) is 11.6 Å². The molecular formula is C9H17N. The van der Waals surface area contributed by atoms with Crippen LogP contribution >= 0.6 is 0 Å². The third-order valence-corrected chi connectivity index (χ3v) is 1.98. The zero-order chi connectivity index (χ0) is 7.56. The number of likely N-dealkylation sites (N-methyl/N-ethyl adjacent to an activating group) is 1. The highest BCUT2D eigenvalue weighted by molar-refractivity contribution is 5.05. The molecular weight excluding hydrogens is 122 g/mol. The minimum atomic E-state index is 0.644. The van der Waals surface area contributed by atoms with Gasteiger partial charge < -0.3 is 5.32 Å². The quantitative estimate of drug-likeness (QED) is 0.589. The fourth-order valence-corrected chi connectivity index (χ4v) is 1.27. The SMILES string of the molecule is CNC(C=C(C)C)C1CC1. The Morgan fingerprint density at radius 3 is 2.40 bits per heavy atom. The van der Waals surface area contributed by atoms with Gasteiger partial charge in [-0.25, -0.2) is 0 Å². The van der Waals surface area contributed by atoms with E-state index in [1.54, 1.807) is 0 Å². The minimum absolute atomic E-state index is 0.644. The van der Waals surface area contributed by atoms with E-state index in [0.717, 1.165) is 5.92 Å². The third-order valence-electron chi connectivity index (χ3n) is 1.98. The summed E-state index contributed by atoms with van der Waals surface area (Å²) < 4.78 is 0. The number of hydrogen-bond donors (Lipinski definition) is 1. The summed E-state index contributed by atoms with van der Waals surface area (Å²) >= 11 is 0. The second kappa shape index (κ2) is 3.20. The van der Waals surface area contributed by atoms with E-state index in [2.05, 4.69) is 25.2 Å². The van der Waals surface area contributed by atoms with Crippen LogP contribution in [0.2, 0.25) is 0 Å². The van der Waals surface area contributed by atoms with Crippen LogP contribution in [-0.4, -0.2) is 13.1 Å². The van der Waals surface area contributed by atoms with Crippen LogP contribution in [0.25, 0.3) is 0 Å². The fraction of sp³-hybridized carbons (Fsp3) is 0.778. The molecule has 0 spiro atoms. The Morgan fingerprint density at radius 1 is 1.50 bits per heavy atom. The van der Waals surface area contributed by atoms with Gasteiger partial charge in [-0.15, -0.1) is 0 Å². The minimum Gasteiger partial charge on any atom is -0.313 e. The first-order valence-corrected chi connectivity index (χ1v) is 4.06. The summed E-state index contributed by atoms with van der Waals surface area (Å²) in [4.78, 5) is 0. The van der Waals surface area contributed by atoms with Crippen molar-refractivity contribution in [2.24, 2.45) is 5.92 Å². The lowest BCUT2D eigenvalue weighted by Crippen LogP contribution is -2.24. The van der Waals surface area contributed by atoms with Crippen molar-refractivity contribution >= 4 is 0 Å². The molecule has 58 valence electrons. The lowest BCUT2D eigenvalue weighted by atomic mass is 10.1. The molecule has 1 rings (SSSR count). The van der Waals surface area contributed by atoms with E-state index < -0.39 is 0 Å². The lowest BCUT2D eigenvalue weighted by molar-refractivity contribution is 0.593. The summed E-state index contributed by atoms with van der Waals surface area (Å²) in [5, 5.41) is 3.32. The molecule has 1 fully saturated rings. The summed E-state index contributed by atoms with van der Waals surface area (Å²) in [6.07, 6.45) is 5.16. The highest BCUT2D eigenvalue weighted by Crippen LogP contribution is 2.33. The maximum atomic E-state index is 3.32. The standard InChI is InChI=1S/C9H17N/c1-7(2)6-9(10-3)8-4-5-8/h6,8-10H,4-5H2,1-3H3. The zero-order valence-corrected chi connectivity index (χ0v) is 7.15. The smallest absolute Gasteiger partial charge is 0.0277 e. The van der Waals surface area contributed by atoms with Crippen molar-refractivity contribution in [3.8, 4) is 0 Å². The molecule has 1 aliphatic rings. The molecule has 0 bridgehead atoms. The molecule has 0 radical (unpaired) electrons. The van der Waals surface area contributed by atoms with Gasteiger partial charge in [-0.1, -0.05) is 11.6 Å². The number of nitrogens with one attached hydrogen (secondary N) is 1. The molecule has 0 aliphatic heterocycles. The van der Waals surface area contributed by atoms with Crippen LogP contribution in [0, 0.1) is 5.92 Å². The molecule has 1 aliphatic carbocycles. The van der Waals surface area contributed by atoms with E-state index in [1.165, 1.54) is 18.4 Å². The molecule has 1 atom stereocenters. The van der Waals surface area contributed by atoms with Gasteiger partial charge in [-0.3, -0.25) is 0 Å². The summed E-state index contributed by atoms with van der Waals surface area (Å²) in [7, 11) is 2.04. The molecule has 0 saturated heterocycles. The molecule has 1 unspecified atom stereocenters. The highest BCUT2D eigenvalue weighted by Gasteiger charge is 2.28. The Morgan fingerprint density at radius 2 is 2.10 bits per heavy atom. The van der Waals surface area contributed by atoms with Gasteiger partial charge in [0.1, 0.15) is 0 Å². The molecule has 1 saturated carbocycles. The largest absolute Gasteiger partial charge is 0.313 e. The lowest BCUT2D eigenvalue weighted by Gasteiger charge is -2.09.